The van der Waals surface area contributed by atoms with Gasteiger partial charge in [-0.15, -0.1) is 0 Å². The number of piperazine rings is 1. The number of nitrogens with zero attached hydrogens (tertiary/aromatic N) is 4. The van der Waals surface area contributed by atoms with E-state index in [2.05, 4.69) is 58.7 Å². The van der Waals surface area contributed by atoms with E-state index in [9.17, 15) is 0 Å². The zero-order valence-corrected chi connectivity index (χ0v) is 13.4. The van der Waals surface area contributed by atoms with Crippen LogP contribution in [0.15, 0.2) is 6.20 Å². The lowest BCUT2D eigenvalue weighted by molar-refractivity contribution is 0.246. The molecule has 0 atom stereocenters. The summed E-state index contributed by atoms with van der Waals surface area (Å²) in [7, 11) is 2.15. The first kappa shape index (κ1) is 15.3. The van der Waals surface area contributed by atoms with Crippen molar-refractivity contribution in [3.8, 4) is 0 Å². The Morgan fingerprint density at radius 2 is 2.05 bits per heavy atom. The normalized spacial score (nSPS) is 16.9. The van der Waals surface area contributed by atoms with Crippen LogP contribution in [0.1, 0.15) is 19.5 Å². The van der Waals surface area contributed by atoms with E-state index >= 15 is 0 Å². The minimum absolute atomic E-state index is 0.643. The fourth-order valence-corrected chi connectivity index (χ4v) is 2.69. The Bertz CT molecular complexity index is 406. The van der Waals surface area contributed by atoms with Gasteiger partial charge in [0.15, 0.2) is 0 Å². The lowest BCUT2D eigenvalue weighted by Gasteiger charge is -2.29. The molecule has 1 fully saturated rings. The van der Waals surface area contributed by atoms with Crippen LogP contribution in [0, 0.1) is 12.8 Å². The van der Waals surface area contributed by atoms with Gasteiger partial charge in [-0.25, -0.2) is 4.98 Å². The fourth-order valence-electron chi connectivity index (χ4n) is 2.69. The van der Waals surface area contributed by atoms with E-state index in [1.807, 2.05) is 0 Å². The topological polar surface area (TPSA) is 36.3 Å². The van der Waals surface area contributed by atoms with Gasteiger partial charge in [0.05, 0.1) is 5.69 Å². The lowest BCUT2D eigenvalue weighted by Crippen LogP contribution is -2.46. The predicted octanol–water partition coefficient (Wildman–Crippen LogP) is 1.19. The van der Waals surface area contributed by atoms with Crippen molar-refractivity contribution in [1.29, 1.82) is 0 Å². The van der Waals surface area contributed by atoms with Gasteiger partial charge in [0.2, 0.25) is 5.95 Å². The summed E-state index contributed by atoms with van der Waals surface area (Å²) in [5, 5.41) is 3.40. The van der Waals surface area contributed by atoms with Crippen molar-refractivity contribution in [1.82, 2.24) is 19.8 Å². The van der Waals surface area contributed by atoms with Crippen LogP contribution in [0.5, 0.6) is 0 Å². The number of imidazole rings is 1. The monoisotopic (exact) mass is 279 g/mol. The van der Waals surface area contributed by atoms with Gasteiger partial charge in [-0.05, 0) is 12.8 Å². The number of rotatable bonds is 6. The molecule has 5 heteroatoms. The number of hydrogen-bond donors (Lipinski definition) is 1. The third-order valence-electron chi connectivity index (χ3n) is 3.74. The summed E-state index contributed by atoms with van der Waals surface area (Å²) in [6.07, 6.45) is 2.16. The molecule has 0 aliphatic carbocycles. The van der Waals surface area contributed by atoms with Crippen LogP contribution < -0.4 is 10.2 Å². The number of nitrogens with one attached hydrogen (secondary N) is 1. The van der Waals surface area contributed by atoms with Crippen molar-refractivity contribution < 1.29 is 0 Å². The zero-order valence-electron chi connectivity index (χ0n) is 13.4. The van der Waals surface area contributed by atoms with Gasteiger partial charge in [-0.3, -0.25) is 4.90 Å². The molecule has 114 valence electrons. The van der Waals surface area contributed by atoms with E-state index in [0.29, 0.717) is 5.92 Å². The Hall–Kier alpha value is -1.07. The summed E-state index contributed by atoms with van der Waals surface area (Å²) in [6.45, 7) is 14.3. The molecule has 0 bridgehead atoms. The molecule has 2 heterocycles. The Labute approximate surface area is 123 Å². The molecular formula is C15H29N5. The molecule has 0 saturated carbocycles. The molecule has 0 amide bonds. The van der Waals surface area contributed by atoms with Crippen LogP contribution in [0.25, 0.3) is 0 Å². The van der Waals surface area contributed by atoms with E-state index in [1.165, 1.54) is 0 Å². The SMILES string of the molecule is Cc1cn(CC(C)C)c(N(C)CCN2CCNCC2)n1. The van der Waals surface area contributed by atoms with E-state index < -0.39 is 0 Å². The molecule has 1 aliphatic heterocycles. The first-order valence-corrected chi connectivity index (χ1v) is 7.74. The van der Waals surface area contributed by atoms with Gasteiger partial charge < -0.3 is 14.8 Å². The number of aromatic nitrogens is 2. The number of aryl methyl sites for hydroxylation is 1. The lowest BCUT2D eigenvalue weighted by atomic mass is 10.2. The maximum Gasteiger partial charge on any atom is 0.205 e. The highest BCUT2D eigenvalue weighted by atomic mass is 15.3. The third kappa shape index (κ3) is 4.21. The second-order valence-corrected chi connectivity index (χ2v) is 6.24. The van der Waals surface area contributed by atoms with Crippen molar-refractivity contribution in [3.63, 3.8) is 0 Å². The molecule has 1 saturated heterocycles. The van der Waals surface area contributed by atoms with Gasteiger partial charge in [-0.2, -0.15) is 0 Å². The average molecular weight is 279 g/mol. The Balaban J connectivity index is 1.92. The quantitative estimate of drug-likeness (QED) is 0.848. The van der Waals surface area contributed by atoms with Crippen LogP contribution in [0.2, 0.25) is 0 Å². The molecule has 1 aromatic rings. The van der Waals surface area contributed by atoms with E-state index in [1.54, 1.807) is 0 Å². The predicted molar refractivity (Wildman–Crippen MR) is 84.4 cm³/mol. The van der Waals surface area contributed by atoms with E-state index in [-0.39, 0.29) is 0 Å². The first-order valence-electron chi connectivity index (χ1n) is 7.74. The maximum absolute atomic E-state index is 4.69. The van der Waals surface area contributed by atoms with Gasteiger partial charge in [0.1, 0.15) is 0 Å². The Morgan fingerprint density at radius 3 is 2.70 bits per heavy atom. The van der Waals surface area contributed by atoms with Crippen LogP contribution >= 0.6 is 0 Å². The highest BCUT2D eigenvalue weighted by Crippen LogP contribution is 2.15. The highest BCUT2D eigenvalue weighted by molar-refractivity contribution is 5.32. The van der Waals surface area contributed by atoms with Crippen LogP contribution in [-0.2, 0) is 6.54 Å². The summed E-state index contributed by atoms with van der Waals surface area (Å²) >= 11 is 0. The average Bonchev–Trinajstić information content (AvgIpc) is 2.77. The van der Waals surface area contributed by atoms with Gasteiger partial charge in [0.25, 0.3) is 0 Å². The Kier molecular flexibility index (Phi) is 5.43. The molecule has 1 N–H and O–H groups in total. The van der Waals surface area contributed by atoms with Gasteiger partial charge in [-0.1, -0.05) is 13.8 Å². The minimum Gasteiger partial charge on any atom is -0.344 e. The van der Waals surface area contributed by atoms with Gasteiger partial charge in [0, 0.05) is 59.1 Å². The van der Waals surface area contributed by atoms with Crippen molar-refractivity contribution in [2.24, 2.45) is 5.92 Å². The van der Waals surface area contributed by atoms with Crippen molar-refractivity contribution in [2.75, 3.05) is 51.2 Å². The summed E-state index contributed by atoms with van der Waals surface area (Å²) in [5.74, 6) is 1.75. The van der Waals surface area contributed by atoms with E-state index in [4.69, 9.17) is 0 Å². The van der Waals surface area contributed by atoms with E-state index in [0.717, 1.165) is 57.5 Å². The molecule has 5 nitrogen and oxygen atoms in total. The summed E-state index contributed by atoms with van der Waals surface area (Å²) in [6, 6.07) is 0. The smallest absolute Gasteiger partial charge is 0.205 e. The second kappa shape index (κ2) is 7.09. The molecule has 2 rings (SSSR count). The van der Waals surface area contributed by atoms with Gasteiger partial charge >= 0.3 is 0 Å². The van der Waals surface area contributed by atoms with Crippen LogP contribution in [0.3, 0.4) is 0 Å². The standard InChI is InChI=1S/C15H29N5/c1-13(2)11-20-12-14(3)17-15(20)18(4)9-10-19-7-5-16-6-8-19/h12-13,16H,5-11H2,1-4H3. The number of anilines is 1. The van der Waals surface area contributed by atoms with Crippen LogP contribution in [-0.4, -0.2) is 60.8 Å². The second-order valence-electron chi connectivity index (χ2n) is 6.24. The molecule has 0 radical (unpaired) electrons. The third-order valence-corrected chi connectivity index (χ3v) is 3.74. The first-order chi connectivity index (χ1) is 9.56. The summed E-state index contributed by atoms with van der Waals surface area (Å²) in [4.78, 5) is 9.50. The summed E-state index contributed by atoms with van der Waals surface area (Å²) in [5.41, 5.74) is 1.11. The molecule has 1 aromatic heterocycles. The minimum atomic E-state index is 0.643. The van der Waals surface area contributed by atoms with Crippen molar-refractivity contribution >= 4 is 5.95 Å². The number of likely N-dealkylation sites (N-methyl/N-ethyl adjacent to an activating group) is 1. The Morgan fingerprint density at radius 1 is 1.35 bits per heavy atom. The molecule has 1 aliphatic rings. The van der Waals surface area contributed by atoms with Crippen molar-refractivity contribution in [3.05, 3.63) is 11.9 Å². The molecule has 0 aromatic carbocycles. The largest absolute Gasteiger partial charge is 0.344 e. The zero-order chi connectivity index (χ0) is 14.5. The van der Waals surface area contributed by atoms with Crippen LogP contribution in [0.4, 0.5) is 5.95 Å². The molecular weight excluding hydrogens is 250 g/mol. The molecule has 0 spiro atoms. The number of hydrogen-bond acceptors (Lipinski definition) is 4. The molecule has 0 unspecified atom stereocenters. The summed E-state index contributed by atoms with van der Waals surface area (Å²) < 4.78 is 2.29. The fraction of sp³-hybridized carbons (Fsp3) is 0.800. The molecule has 20 heavy (non-hydrogen) atoms. The highest BCUT2D eigenvalue weighted by Gasteiger charge is 2.14. The van der Waals surface area contributed by atoms with Crippen molar-refractivity contribution in [2.45, 2.75) is 27.3 Å². The maximum atomic E-state index is 4.69.